The van der Waals surface area contributed by atoms with Crippen LogP contribution in [0.2, 0.25) is 0 Å². The molecule has 0 bridgehead atoms. The summed E-state index contributed by atoms with van der Waals surface area (Å²) in [6.45, 7) is 1.42. The number of allylic oxidation sites excluding steroid dienone is 4. The number of anilines is 1. The first-order valence-electron chi connectivity index (χ1n) is 13.5. The molecule has 0 radical (unpaired) electrons. The maximum Gasteiger partial charge on any atom is 0.323 e. The van der Waals surface area contributed by atoms with Gasteiger partial charge in [-0.2, -0.15) is 0 Å². The summed E-state index contributed by atoms with van der Waals surface area (Å²) in [7, 11) is 1.49. The number of carboxylic acid groups (broad SMARTS) is 1. The number of ketones is 2. The van der Waals surface area contributed by atoms with Crippen molar-refractivity contribution in [3.05, 3.63) is 76.1 Å². The van der Waals surface area contributed by atoms with Crippen molar-refractivity contribution < 1.29 is 33.8 Å². The fraction of sp³-hybridized carbons (Fsp3) is 0.355. The maximum absolute atomic E-state index is 13.3. The fourth-order valence-electron chi connectivity index (χ4n) is 5.92. The number of hydrogen-bond donors (Lipinski definition) is 2. The minimum Gasteiger partial charge on any atom is -0.493 e. The van der Waals surface area contributed by atoms with E-state index in [2.05, 4.69) is 5.32 Å². The Kier molecular flexibility index (Phi) is 7.73. The molecule has 9 heteroatoms. The molecule has 5 rings (SSSR count). The van der Waals surface area contributed by atoms with Crippen LogP contribution >= 0.6 is 0 Å². The van der Waals surface area contributed by atoms with Gasteiger partial charge < -0.3 is 24.8 Å². The van der Waals surface area contributed by atoms with E-state index in [0.29, 0.717) is 83.8 Å². The van der Waals surface area contributed by atoms with Crippen molar-refractivity contribution in [3.63, 3.8) is 0 Å². The van der Waals surface area contributed by atoms with Crippen molar-refractivity contribution in [2.75, 3.05) is 25.6 Å². The molecule has 3 aliphatic rings. The van der Waals surface area contributed by atoms with Crippen LogP contribution < -0.4 is 14.8 Å². The molecule has 40 heavy (non-hydrogen) atoms. The average Bonchev–Trinajstić information content (AvgIpc) is 2.92. The highest BCUT2D eigenvalue weighted by atomic mass is 16.5. The number of aryl methyl sites for hydroxylation is 1. The number of carbonyl (C=O) groups is 4. The van der Waals surface area contributed by atoms with Gasteiger partial charge >= 0.3 is 5.97 Å². The third-order valence-electron chi connectivity index (χ3n) is 7.56. The molecule has 0 saturated carbocycles. The molecule has 1 amide bonds. The topological polar surface area (TPSA) is 122 Å². The van der Waals surface area contributed by atoms with Gasteiger partial charge in [0.25, 0.3) is 5.91 Å². The first kappa shape index (κ1) is 27.2. The monoisotopic (exact) mass is 544 g/mol. The Morgan fingerprint density at radius 2 is 1.62 bits per heavy atom. The number of carbonyl (C=O) groups excluding carboxylic acids is 3. The quantitative estimate of drug-likeness (QED) is 0.498. The summed E-state index contributed by atoms with van der Waals surface area (Å²) >= 11 is 0. The van der Waals surface area contributed by atoms with Crippen LogP contribution in [-0.2, 0) is 19.2 Å². The second-order valence-electron chi connectivity index (χ2n) is 10.3. The minimum atomic E-state index is -1.01. The van der Waals surface area contributed by atoms with Crippen molar-refractivity contribution in [1.82, 2.24) is 4.90 Å². The zero-order valence-corrected chi connectivity index (χ0v) is 22.6. The lowest BCUT2D eigenvalue weighted by Gasteiger charge is -2.43. The predicted molar refractivity (Wildman–Crippen MR) is 147 cm³/mol. The molecular weight excluding hydrogens is 512 g/mol. The molecule has 0 unspecified atom stereocenters. The predicted octanol–water partition coefficient (Wildman–Crippen LogP) is 4.52. The SMILES string of the molecule is COc1cc(C2C3=C(CCCC3=O)N(CC(=O)O)C3=C2C(=O)CCC3)ccc1OCC(=O)Nc1cccc(C)c1. The van der Waals surface area contributed by atoms with E-state index < -0.39 is 11.9 Å². The van der Waals surface area contributed by atoms with Crippen LogP contribution in [0.1, 0.15) is 55.6 Å². The molecule has 0 aromatic heterocycles. The van der Waals surface area contributed by atoms with E-state index in [4.69, 9.17) is 9.47 Å². The molecule has 208 valence electrons. The molecule has 9 nitrogen and oxygen atoms in total. The number of nitrogens with zero attached hydrogens (tertiary/aromatic N) is 1. The normalized spacial score (nSPS) is 17.4. The molecule has 2 aromatic carbocycles. The van der Waals surface area contributed by atoms with Gasteiger partial charge in [-0.15, -0.1) is 0 Å². The third-order valence-corrected chi connectivity index (χ3v) is 7.56. The van der Waals surface area contributed by atoms with Crippen LogP contribution in [0.5, 0.6) is 11.5 Å². The molecule has 0 atom stereocenters. The average molecular weight is 545 g/mol. The van der Waals surface area contributed by atoms with E-state index >= 15 is 0 Å². The number of ether oxygens (including phenoxy) is 2. The van der Waals surface area contributed by atoms with Crippen LogP contribution in [0, 0.1) is 6.92 Å². The van der Waals surface area contributed by atoms with Gasteiger partial charge in [0.15, 0.2) is 29.7 Å². The van der Waals surface area contributed by atoms with Crippen LogP contribution in [0.3, 0.4) is 0 Å². The summed E-state index contributed by atoms with van der Waals surface area (Å²) in [6.07, 6.45) is 3.12. The van der Waals surface area contributed by atoms with Gasteiger partial charge in [0, 0.05) is 47.0 Å². The highest BCUT2D eigenvalue weighted by Crippen LogP contribution is 2.50. The smallest absolute Gasteiger partial charge is 0.323 e. The molecule has 0 fully saturated rings. The Balaban J connectivity index is 1.47. The van der Waals surface area contributed by atoms with Crippen molar-refractivity contribution >= 4 is 29.1 Å². The van der Waals surface area contributed by atoms with Crippen LogP contribution in [0.25, 0.3) is 0 Å². The largest absolute Gasteiger partial charge is 0.493 e. The van der Waals surface area contributed by atoms with E-state index in [-0.39, 0.29) is 30.6 Å². The third kappa shape index (κ3) is 5.36. The Bertz CT molecular complexity index is 1410. The first-order chi connectivity index (χ1) is 19.3. The number of benzene rings is 2. The molecule has 0 spiro atoms. The lowest BCUT2D eigenvalue weighted by Crippen LogP contribution is -2.41. The Morgan fingerprint density at radius 3 is 2.23 bits per heavy atom. The number of hydrogen-bond acceptors (Lipinski definition) is 7. The van der Waals surface area contributed by atoms with Crippen LogP contribution in [-0.4, -0.2) is 53.7 Å². The van der Waals surface area contributed by atoms with E-state index in [9.17, 15) is 24.3 Å². The number of methoxy groups -OCH3 is 1. The number of nitrogens with one attached hydrogen (secondary N) is 1. The second kappa shape index (κ2) is 11.4. The van der Waals surface area contributed by atoms with Crippen LogP contribution in [0.4, 0.5) is 5.69 Å². The highest BCUT2D eigenvalue weighted by molar-refractivity contribution is 6.06. The molecule has 1 heterocycles. The van der Waals surface area contributed by atoms with Crippen LogP contribution in [0.15, 0.2) is 65.0 Å². The Labute approximate surface area is 232 Å². The van der Waals surface area contributed by atoms with Gasteiger partial charge in [0.2, 0.25) is 0 Å². The summed E-state index contributed by atoms with van der Waals surface area (Å²) in [5.41, 5.74) is 4.77. The zero-order valence-electron chi connectivity index (χ0n) is 22.6. The van der Waals surface area contributed by atoms with E-state index in [1.165, 1.54) is 7.11 Å². The molecule has 2 N–H and O–H groups in total. The lowest BCUT2D eigenvalue weighted by molar-refractivity contribution is -0.138. The summed E-state index contributed by atoms with van der Waals surface area (Å²) < 4.78 is 11.4. The van der Waals surface area contributed by atoms with E-state index in [1.807, 2.05) is 25.1 Å². The molecule has 2 aliphatic carbocycles. The van der Waals surface area contributed by atoms with Gasteiger partial charge in [-0.1, -0.05) is 18.2 Å². The van der Waals surface area contributed by atoms with Gasteiger partial charge in [-0.3, -0.25) is 19.2 Å². The summed E-state index contributed by atoms with van der Waals surface area (Å²) in [5, 5.41) is 12.4. The maximum atomic E-state index is 13.3. The van der Waals surface area contributed by atoms with Crippen molar-refractivity contribution in [1.29, 1.82) is 0 Å². The van der Waals surface area contributed by atoms with Crippen molar-refractivity contribution in [2.45, 2.75) is 51.4 Å². The molecule has 1 aliphatic heterocycles. The van der Waals surface area contributed by atoms with Crippen molar-refractivity contribution in [2.24, 2.45) is 0 Å². The van der Waals surface area contributed by atoms with E-state index in [0.717, 1.165) is 5.56 Å². The molecule has 0 saturated heterocycles. The Hall–Kier alpha value is -4.40. The number of Topliss-reactive ketones (excluding diaryl/α,β-unsaturated/α-hetero) is 2. The number of rotatable bonds is 8. The van der Waals surface area contributed by atoms with Crippen molar-refractivity contribution in [3.8, 4) is 11.5 Å². The number of carboxylic acids is 1. The summed E-state index contributed by atoms with van der Waals surface area (Å²) in [6, 6.07) is 12.7. The minimum absolute atomic E-state index is 0.0707. The van der Waals surface area contributed by atoms with E-state index in [1.54, 1.807) is 29.2 Å². The molecule has 2 aromatic rings. The fourth-order valence-corrected chi connectivity index (χ4v) is 5.92. The number of aliphatic carboxylic acids is 1. The summed E-state index contributed by atoms with van der Waals surface area (Å²) in [4.78, 5) is 52.6. The van der Waals surface area contributed by atoms with Gasteiger partial charge in [-0.25, -0.2) is 0 Å². The Morgan fingerprint density at radius 1 is 0.950 bits per heavy atom. The highest BCUT2D eigenvalue weighted by Gasteiger charge is 2.43. The molecular formula is C31H32N2O7. The lowest BCUT2D eigenvalue weighted by atomic mass is 9.71. The number of amides is 1. The zero-order chi connectivity index (χ0) is 28.4. The first-order valence-corrected chi connectivity index (χ1v) is 13.5. The second-order valence-corrected chi connectivity index (χ2v) is 10.3. The van der Waals surface area contributed by atoms with Gasteiger partial charge in [0.1, 0.15) is 6.54 Å². The standard InChI is InChI=1S/C31H32N2O7/c1-18-6-3-7-20(14-18)32-27(36)17-40-25-13-12-19(15-26(25)39-2)29-30-21(8-4-10-23(30)34)33(16-28(37)38)22-9-5-11-24(35)31(22)29/h3,6-7,12-15,29H,4-5,8-11,16-17H2,1-2H3,(H,32,36)(H,37,38). The van der Waals surface area contributed by atoms with Gasteiger partial charge in [-0.05, 0) is 68.0 Å². The van der Waals surface area contributed by atoms with Gasteiger partial charge in [0.05, 0.1) is 7.11 Å². The summed E-state index contributed by atoms with van der Waals surface area (Å²) in [5.74, 6) is -1.37.